The molecule has 4 aromatic rings. The van der Waals surface area contributed by atoms with E-state index in [0.29, 0.717) is 17.3 Å². The number of ketones is 1. The highest BCUT2D eigenvalue weighted by Crippen LogP contribution is 2.20. The SMILES string of the molecule is Cc1cccnc1COCC(=O)c1c(O)[n+]2ccccc2n1Cc1ccc(Cl)nc1. The van der Waals surface area contributed by atoms with Crippen molar-refractivity contribution in [1.29, 1.82) is 0 Å². The van der Waals surface area contributed by atoms with Crippen LogP contribution in [-0.4, -0.2) is 32.0 Å². The van der Waals surface area contributed by atoms with Gasteiger partial charge in [-0.2, -0.15) is 4.40 Å². The van der Waals surface area contributed by atoms with Gasteiger partial charge in [0.2, 0.25) is 5.78 Å². The number of fused-ring (bicyclic) bond motifs is 1. The molecule has 152 valence electrons. The molecule has 0 unspecified atom stereocenters. The van der Waals surface area contributed by atoms with Crippen LogP contribution in [0.3, 0.4) is 0 Å². The Labute approximate surface area is 178 Å². The van der Waals surface area contributed by atoms with E-state index in [9.17, 15) is 9.90 Å². The average molecular weight is 424 g/mol. The number of aromatic nitrogens is 4. The maximum absolute atomic E-state index is 13.0. The summed E-state index contributed by atoms with van der Waals surface area (Å²) in [5.74, 6) is -0.457. The molecule has 0 radical (unpaired) electrons. The van der Waals surface area contributed by atoms with Gasteiger partial charge in [-0.15, -0.1) is 0 Å². The number of imidazole rings is 1. The maximum atomic E-state index is 13.0. The lowest BCUT2D eigenvalue weighted by Crippen LogP contribution is -2.19. The van der Waals surface area contributed by atoms with E-state index in [-0.39, 0.29) is 30.6 Å². The first-order chi connectivity index (χ1) is 14.5. The lowest BCUT2D eigenvalue weighted by molar-refractivity contribution is -0.521. The van der Waals surface area contributed by atoms with Crippen LogP contribution >= 0.6 is 11.6 Å². The van der Waals surface area contributed by atoms with E-state index in [0.717, 1.165) is 16.8 Å². The molecule has 0 saturated carbocycles. The maximum Gasteiger partial charge on any atom is 0.339 e. The summed E-state index contributed by atoms with van der Waals surface area (Å²) in [5.41, 5.74) is 3.46. The minimum absolute atomic E-state index is 0.130. The Morgan fingerprint density at radius 1 is 1.20 bits per heavy atom. The predicted molar refractivity (Wildman–Crippen MR) is 111 cm³/mol. The molecule has 0 amide bonds. The number of pyridine rings is 3. The first kappa shape index (κ1) is 20.0. The van der Waals surface area contributed by atoms with Gasteiger partial charge in [0.05, 0.1) is 18.5 Å². The Morgan fingerprint density at radius 2 is 2.07 bits per heavy atom. The smallest absolute Gasteiger partial charge is 0.339 e. The van der Waals surface area contributed by atoms with Gasteiger partial charge in [0, 0.05) is 24.0 Å². The number of ether oxygens (including phenoxy) is 1. The van der Waals surface area contributed by atoms with Crippen LogP contribution in [0.4, 0.5) is 0 Å². The normalized spacial score (nSPS) is 11.1. The number of hydrogen-bond acceptors (Lipinski definition) is 5. The topological polar surface area (TPSA) is 81.3 Å². The monoisotopic (exact) mass is 423 g/mol. The fourth-order valence-electron chi connectivity index (χ4n) is 3.28. The summed E-state index contributed by atoms with van der Waals surface area (Å²) >= 11 is 5.88. The summed E-state index contributed by atoms with van der Waals surface area (Å²) < 4.78 is 8.93. The third-order valence-corrected chi connectivity index (χ3v) is 5.03. The average Bonchev–Trinajstić information content (AvgIpc) is 3.03. The summed E-state index contributed by atoms with van der Waals surface area (Å²) in [4.78, 5) is 21.4. The highest BCUT2D eigenvalue weighted by molar-refractivity contribution is 6.29. The Balaban J connectivity index is 1.62. The fourth-order valence-corrected chi connectivity index (χ4v) is 3.39. The number of aromatic hydroxyl groups is 1. The van der Waals surface area contributed by atoms with Gasteiger partial charge in [-0.3, -0.25) is 9.78 Å². The van der Waals surface area contributed by atoms with Crippen LogP contribution in [0.5, 0.6) is 5.88 Å². The highest BCUT2D eigenvalue weighted by Gasteiger charge is 2.31. The van der Waals surface area contributed by atoms with Gasteiger partial charge >= 0.3 is 5.88 Å². The van der Waals surface area contributed by atoms with Gasteiger partial charge in [0.1, 0.15) is 18.3 Å². The zero-order valence-electron chi connectivity index (χ0n) is 16.3. The number of rotatable bonds is 7. The Kier molecular flexibility index (Phi) is 5.74. The lowest BCUT2D eigenvalue weighted by atomic mass is 10.2. The van der Waals surface area contributed by atoms with Crippen LogP contribution in [0, 0.1) is 6.92 Å². The molecule has 0 fully saturated rings. The van der Waals surface area contributed by atoms with Gasteiger partial charge in [-0.25, -0.2) is 9.55 Å². The number of nitrogens with zero attached hydrogens (tertiary/aromatic N) is 4. The Bertz CT molecular complexity index is 1200. The minimum Gasteiger partial charge on any atom is -0.474 e. The molecular weight excluding hydrogens is 404 g/mol. The second kappa shape index (κ2) is 8.61. The number of aryl methyl sites for hydroxylation is 1. The molecule has 0 bridgehead atoms. The van der Waals surface area contributed by atoms with Crippen molar-refractivity contribution in [1.82, 2.24) is 14.5 Å². The molecule has 0 atom stereocenters. The van der Waals surface area contributed by atoms with Gasteiger partial charge < -0.3 is 9.84 Å². The molecule has 0 saturated heterocycles. The van der Waals surface area contributed by atoms with Crippen LogP contribution in [0.2, 0.25) is 5.15 Å². The summed E-state index contributed by atoms with van der Waals surface area (Å²) in [7, 11) is 0. The molecule has 7 nitrogen and oxygen atoms in total. The standard InChI is InChI=1S/C22H19ClN4O3/c1-15-5-4-9-24-17(15)13-30-14-18(28)21-22(29)26-10-3-2-6-20(26)27(21)12-16-7-8-19(23)25-11-16/h2-11H,12-14H2,1H3/p+1. The number of hydrogen-bond donors (Lipinski definition) is 1. The summed E-state index contributed by atoms with van der Waals surface area (Å²) in [6.07, 6.45) is 5.04. The number of carbonyl (C=O) groups excluding carboxylic acids is 1. The van der Waals surface area contributed by atoms with Crippen molar-refractivity contribution in [2.24, 2.45) is 0 Å². The van der Waals surface area contributed by atoms with Gasteiger partial charge in [-0.1, -0.05) is 29.8 Å². The van der Waals surface area contributed by atoms with E-state index >= 15 is 0 Å². The molecule has 30 heavy (non-hydrogen) atoms. The van der Waals surface area contributed by atoms with E-state index in [4.69, 9.17) is 16.3 Å². The molecule has 4 heterocycles. The van der Waals surface area contributed by atoms with Gasteiger partial charge in [0.25, 0.3) is 11.3 Å². The second-order valence-corrected chi connectivity index (χ2v) is 7.25. The number of carbonyl (C=O) groups is 1. The summed E-state index contributed by atoms with van der Waals surface area (Å²) in [6.45, 7) is 2.32. The zero-order chi connectivity index (χ0) is 21.1. The first-order valence-electron chi connectivity index (χ1n) is 9.38. The van der Waals surface area contributed by atoms with Crippen molar-refractivity contribution in [3.05, 3.63) is 88.7 Å². The van der Waals surface area contributed by atoms with E-state index in [1.54, 1.807) is 39.7 Å². The summed E-state index contributed by atoms with van der Waals surface area (Å²) in [6, 6.07) is 12.8. The van der Waals surface area contributed by atoms with Crippen molar-refractivity contribution in [3.8, 4) is 5.88 Å². The van der Waals surface area contributed by atoms with Crippen LogP contribution in [-0.2, 0) is 17.9 Å². The van der Waals surface area contributed by atoms with E-state index in [1.807, 2.05) is 37.3 Å². The van der Waals surface area contributed by atoms with Crippen molar-refractivity contribution < 1.29 is 19.0 Å². The molecule has 0 spiro atoms. The van der Waals surface area contributed by atoms with Gasteiger partial charge in [0.15, 0.2) is 0 Å². The van der Waals surface area contributed by atoms with Crippen LogP contribution in [0.25, 0.3) is 5.65 Å². The van der Waals surface area contributed by atoms with Crippen LogP contribution in [0.15, 0.2) is 61.1 Å². The quantitative estimate of drug-likeness (QED) is 0.280. The molecular formula is C22H20ClN4O3+. The van der Waals surface area contributed by atoms with Crippen molar-refractivity contribution in [2.75, 3.05) is 6.61 Å². The molecule has 1 N–H and O–H groups in total. The second-order valence-electron chi connectivity index (χ2n) is 6.86. The fraction of sp³-hybridized carbons (Fsp3) is 0.182. The predicted octanol–water partition coefficient (Wildman–Crippen LogP) is 3.13. The molecule has 0 aliphatic rings. The summed E-state index contributed by atoms with van der Waals surface area (Å²) in [5, 5.41) is 11.1. The highest BCUT2D eigenvalue weighted by atomic mass is 35.5. The van der Waals surface area contributed by atoms with Crippen LogP contribution in [0.1, 0.15) is 27.3 Å². The van der Waals surface area contributed by atoms with E-state index in [2.05, 4.69) is 9.97 Å². The van der Waals surface area contributed by atoms with Gasteiger partial charge in [-0.05, 0) is 30.7 Å². The van der Waals surface area contributed by atoms with Crippen LogP contribution < -0.4 is 4.40 Å². The van der Waals surface area contributed by atoms with Crippen molar-refractivity contribution >= 4 is 23.0 Å². The van der Waals surface area contributed by atoms with Crippen molar-refractivity contribution in [2.45, 2.75) is 20.1 Å². The third-order valence-electron chi connectivity index (χ3n) is 4.81. The molecule has 4 aromatic heterocycles. The largest absolute Gasteiger partial charge is 0.474 e. The number of halogens is 1. The van der Waals surface area contributed by atoms with Crippen molar-refractivity contribution in [3.63, 3.8) is 0 Å². The van der Waals surface area contributed by atoms with E-state index < -0.39 is 0 Å². The Hall–Kier alpha value is -3.29. The minimum atomic E-state index is -0.327. The third kappa shape index (κ3) is 4.03. The molecule has 0 aromatic carbocycles. The zero-order valence-corrected chi connectivity index (χ0v) is 17.1. The molecule has 4 rings (SSSR count). The number of Topliss-reactive ketones (excluding diaryl/α,β-unsaturated/α-hetero) is 1. The first-order valence-corrected chi connectivity index (χ1v) is 9.76. The van der Waals surface area contributed by atoms with E-state index in [1.165, 1.54) is 0 Å². The molecule has 8 heteroatoms. The lowest BCUT2D eigenvalue weighted by Gasteiger charge is -2.06. The Morgan fingerprint density at radius 3 is 2.83 bits per heavy atom. The molecule has 0 aliphatic carbocycles. The molecule has 0 aliphatic heterocycles.